The lowest BCUT2D eigenvalue weighted by Crippen LogP contribution is -2.11. The predicted molar refractivity (Wildman–Crippen MR) is 72.4 cm³/mol. The van der Waals surface area contributed by atoms with Crippen LogP contribution in [0.25, 0.3) is 0 Å². The number of thiol groups is 1. The SMILES string of the molecule is N=C1C=CC=C/C1=N/Nc1ccc(S)cc1O. The zero-order valence-corrected chi connectivity index (χ0v) is 9.78. The minimum Gasteiger partial charge on any atom is -0.506 e. The molecule has 0 heterocycles. The summed E-state index contributed by atoms with van der Waals surface area (Å²) < 4.78 is 0. The molecule has 0 amide bonds. The van der Waals surface area contributed by atoms with E-state index in [1.165, 1.54) is 6.07 Å². The fourth-order valence-corrected chi connectivity index (χ4v) is 1.50. The molecule has 0 saturated heterocycles. The number of hydrazone groups is 1. The number of nitrogens with zero attached hydrogens (tertiary/aromatic N) is 1. The molecule has 2 rings (SSSR count). The molecule has 0 fully saturated rings. The number of anilines is 1. The summed E-state index contributed by atoms with van der Waals surface area (Å²) in [5, 5.41) is 21.3. The van der Waals surface area contributed by atoms with Gasteiger partial charge in [0.2, 0.25) is 0 Å². The van der Waals surface area contributed by atoms with Crippen molar-refractivity contribution >= 4 is 29.7 Å². The second-order valence-electron chi connectivity index (χ2n) is 3.44. The van der Waals surface area contributed by atoms with Crippen molar-refractivity contribution in [2.75, 3.05) is 5.43 Å². The standard InChI is InChI=1S/C12H11N3OS/c13-9-3-1-2-4-10(9)14-15-11-6-5-8(17)7-12(11)16/h1-7,13,15-17H/b13-9?,14-10-. The third kappa shape index (κ3) is 2.76. The van der Waals surface area contributed by atoms with Crippen LogP contribution in [0.3, 0.4) is 0 Å². The zero-order valence-electron chi connectivity index (χ0n) is 8.88. The Hall–Kier alpha value is -2.01. The van der Waals surface area contributed by atoms with Gasteiger partial charge in [-0.25, -0.2) is 0 Å². The van der Waals surface area contributed by atoms with Gasteiger partial charge in [0.15, 0.2) is 0 Å². The number of phenolic OH excluding ortho intramolecular Hbond substituents is 1. The van der Waals surface area contributed by atoms with Crippen LogP contribution in [0, 0.1) is 5.41 Å². The maximum Gasteiger partial charge on any atom is 0.141 e. The molecule has 1 aromatic carbocycles. The fourth-order valence-electron chi connectivity index (χ4n) is 1.31. The van der Waals surface area contributed by atoms with E-state index in [-0.39, 0.29) is 5.75 Å². The molecule has 1 aliphatic rings. The van der Waals surface area contributed by atoms with Gasteiger partial charge in [-0.05, 0) is 30.4 Å². The third-order valence-electron chi connectivity index (χ3n) is 2.18. The summed E-state index contributed by atoms with van der Waals surface area (Å²) in [6.07, 6.45) is 6.94. The van der Waals surface area contributed by atoms with E-state index in [4.69, 9.17) is 5.41 Å². The van der Waals surface area contributed by atoms with Crippen molar-refractivity contribution < 1.29 is 5.11 Å². The molecule has 0 radical (unpaired) electrons. The van der Waals surface area contributed by atoms with Crippen molar-refractivity contribution in [2.45, 2.75) is 4.90 Å². The summed E-state index contributed by atoms with van der Waals surface area (Å²) in [7, 11) is 0. The van der Waals surface area contributed by atoms with Gasteiger partial charge in [0.1, 0.15) is 11.5 Å². The monoisotopic (exact) mass is 245 g/mol. The highest BCUT2D eigenvalue weighted by Crippen LogP contribution is 2.25. The Kier molecular flexibility index (Phi) is 3.30. The summed E-state index contributed by atoms with van der Waals surface area (Å²) in [4.78, 5) is 0.675. The minimum absolute atomic E-state index is 0.0729. The van der Waals surface area contributed by atoms with Crippen LogP contribution in [-0.4, -0.2) is 16.5 Å². The number of phenols is 1. The van der Waals surface area contributed by atoms with Crippen LogP contribution in [0.4, 0.5) is 5.69 Å². The molecule has 0 saturated carbocycles. The van der Waals surface area contributed by atoms with Crippen LogP contribution in [0.5, 0.6) is 5.75 Å². The Morgan fingerprint density at radius 3 is 2.71 bits per heavy atom. The Bertz CT molecular complexity index is 547. The molecule has 0 spiro atoms. The van der Waals surface area contributed by atoms with Crippen molar-refractivity contribution in [3.05, 3.63) is 42.5 Å². The van der Waals surface area contributed by atoms with Crippen LogP contribution >= 0.6 is 12.6 Å². The number of nitrogens with one attached hydrogen (secondary N) is 2. The van der Waals surface area contributed by atoms with Crippen molar-refractivity contribution in [3.63, 3.8) is 0 Å². The highest BCUT2D eigenvalue weighted by molar-refractivity contribution is 7.80. The summed E-state index contributed by atoms with van der Waals surface area (Å²) in [6, 6.07) is 4.94. The number of allylic oxidation sites excluding steroid dienone is 4. The normalized spacial score (nSPS) is 16.5. The molecule has 1 aliphatic carbocycles. The highest BCUT2D eigenvalue weighted by Gasteiger charge is 2.04. The van der Waals surface area contributed by atoms with Crippen LogP contribution in [0.15, 0.2) is 52.5 Å². The van der Waals surface area contributed by atoms with Crippen molar-refractivity contribution in [3.8, 4) is 5.75 Å². The third-order valence-corrected chi connectivity index (χ3v) is 2.46. The number of hydrogen-bond donors (Lipinski definition) is 4. The van der Waals surface area contributed by atoms with Crippen LogP contribution in [-0.2, 0) is 0 Å². The average Bonchev–Trinajstić information content (AvgIpc) is 2.30. The molecule has 0 atom stereocenters. The van der Waals surface area contributed by atoms with Crippen molar-refractivity contribution in [1.82, 2.24) is 0 Å². The molecule has 1 aromatic rings. The molecule has 0 aliphatic heterocycles. The Morgan fingerprint density at radius 1 is 1.24 bits per heavy atom. The largest absolute Gasteiger partial charge is 0.506 e. The first-order chi connectivity index (χ1) is 8.16. The smallest absolute Gasteiger partial charge is 0.141 e. The molecule has 5 heteroatoms. The van der Waals surface area contributed by atoms with Gasteiger partial charge in [-0.3, -0.25) is 10.8 Å². The lowest BCUT2D eigenvalue weighted by Gasteiger charge is -2.07. The molecular weight excluding hydrogens is 234 g/mol. The van der Waals surface area contributed by atoms with Crippen molar-refractivity contribution in [2.24, 2.45) is 5.10 Å². The molecule has 0 unspecified atom stereocenters. The molecule has 4 nitrogen and oxygen atoms in total. The quantitative estimate of drug-likeness (QED) is 0.280. The Labute approximate surface area is 104 Å². The van der Waals surface area contributed by atoms with Gasteiger partial charge in [-0.1, -0.05) is 12.2 Å². The fraction of sp³-hybridized carbons (Fsp3) is 0. The second kappa shape index (κ2) is 4.88. The van der Waals surface area contributed by atoms with Gasteiger partial charge in [0, 0.05) is 4.90 Å². The van der Waals surface area contributed by atoms with E-state index in [2.05, 4.69) is 23.2 Å². The van der Waals surface area contributed by atoms with Crippen molar-refractivity contribution in [1.29, 1.82) is 5.41 Å². The van der Waals surface area contributed by atoms with E-state index in [0.29, 0.717) is 22.0 Å². The van der Waals surface area contributed by atoms with E-state index < -0.39 is 0 Å². The van der Waals surface area contributed by atoms with Gasteiger partial charge in [0.05, 0.1) is 11.4 Å². The van der Waals surface area contributed by atoms with Gasteiger partial charge < -0.3 is 5.11 Å². The number of hydrogen-bond acceptors (Lipinski definition) is 5. The maximum absolute atomic E-state index is 9.62. The van der Waals surface area contributed by atoms with Crippen LogP contribution in [0.1, 0.15) is 0 Å². The van der Waals surface area contributed by atoms with Crippen LogP contribution in [0.2, 0.25) is 0 Å². The number of rotatable bonds is 2. The lowest BCUT2D eigenvalue weighted by molar-refractivity contribution is 0.476. The second-order valence-corrected chi connectivity index (χ2v) is 3.96. The van der Waals surface area contributed by atoms with Gasteiger partial charge in [-0.15, -0.1) is 12.6 Å². The maximum atomic E-state index is 9.62. The van der Waals surface area contributed by atoms with Crippen LogP contribution < -0.4 is 5.43 Å². The Balaban J connectivity index is 2.17. The van der Waals surface area contributed by atoms with E-state index in [1.807, 2.05) is 0 Å². The molecule has 0 bridgehead atoms. The summed E-state index contributed by atoms with van der Waals surface area (Å²) in [5.74, 6) is 0.0729. The zero-order chi connectivity index (χ0) is 12.3. The van der Waals surface area contributed by atoms with E-state index >= 15 is 0 Å². The first kappa shape index (κ1) is 11.5. The summed E-state index contributed by atoms with van der Waals surface area (Å²) >= 11 is 4.11. The van der Waals surface area contributed by atoms with Gasteiger partial charge >= 0.3 is 0 Å². The van der Waals surface area contributed by atoms with Gasteiger partial charge in [0.25, 0.3) is 0 Å². The van der Waals surface area contributed by atoms with E-state index in [9.17, 15) is 5.11 Å². The number of benzene rings is 1. The number of aromatic hydroxyl groups is 1. The average molecular weight is 245 g/mol. The molecular formula is C12H11N3OS. The predicted octanol–water partition coefficient (Wildman–Crippen LogP) is 2.59. The first-order valence-corrected chi connectivity index (χ1v) is 5.41. The van der Waals surface area contributed by atoms with E-state index in [1.54, 1.807) is 36.4 Å². The minimum atomic E-state index is 0.0729. The summed E-state index contributed by atoms with van der Waals surface area (Å²) in [5.41, 5.74) is 4.04. The first-order valence-electron chi connectivity index (χ1n) is 4.96. The Morgan fingerprint density at radius 2 is 2.00 bits per heavy atom. The highest BCUT2D eigenvalue weighted by atomic mass is 32.1. The van der Waals surface area contributed by atoms with E-state index in [0.717, 1.165) is 0 Å². The topological polar surface area (TPSA) is 68.5 Å². The lowest BCUT2D eigenvalue weighted by atomic mass is 10.1. The van der Waals surface area contributed by atoms with Gasteiger partial charge in [-0.2, -0.15) is 5.10 Å². The molecule has 3 N–H and O–H groups in total. The molecule has 0 aromatic heterocycles. The molecule has 17 heavy (non-hydrogen) atoms. The summed E-state index contributed by atoms with van der Waals surface area (Å²) in [6.45, 7) is 0. The molecule has 86 valence electrons.